The number of H-pyrrole nitrogens is 1. The van der Waals surface area contributed by atoms with Crippen molar-refractivity contribution in [2.75, 3.05) is 25.0 Å². The van der Waals surface area contributed by atoms with Gasteiger partial charge in [-0.25, -0.2) is 4.79 Å². The number of anilines is 2. The molecular weight excluding hydrogens is 460 g/mol. The lowest BCUT2D eigenvalue weighted by atomic mass is 9.87. The van der Waals surface area contributed by atoms with E-state index in [1.807, 2.05) is 12.1 Å². The number of rotatable bonds is 7. The molecule has 36 heavy (non-hydrogen) atoms. The van der Waals surface area contributed by atoms with Crippen LogP contribution in [0.15, 0.2) is 41.3 Å². The Morgan fingerprint density at radius 2 is 2.08 bits per heavy atom. The maximum Gasteiger partial charge on any atom is 0.332 e. The summed E-state index contributed by atoms with van der Waals surface area (Å²) in [5.41, 5.74) is 1.42. The number of pyridine rings is 1. The number of benzene rings is 1. The molecule has 3 aromatic rings. The lowest BCUT2D eigenvalue weighted by molar-refractivity contribution is -0.158. The number of aromatic nitrogens is 3. The Hall–Kier alpha value is -3.68. The third-order valence-corrected chi connectivity index (χ3v) is 7.51. The first-order chi connectivity index (χ1) is 17.4. The van der Waals surface area contributed by atoms with Crippen LogP contribution < -0.4 is 10.9 Å². The van der Waals surface area contributed by atoms with Crippen LogP contribution in [-0.2, 0) is 15.1 Å². The number of carboxylic acids is 1. The molecule has 4 heterocycles. The molecule has 0 aliphatic carbocycles. The van der Waals surface area contributed by atoms with Crippen molar-refractivity contribution in [3.63, 3.8) is 0 Å². The number of nitriles is 1. The van der Waals surface area contributed by atoms with Crippen molar-refractivity contribution >= 4 is 28.4 Å². The molecular formula is C26H30N6O4. The Morgan fingerprint density at radius 1 is 1.33 bits per heavy atom. The van der Waals surface area contributed by atoms with Crippen LogP contribution in [0.4, 0.5) is 11.5 Å². The smallest absolute Gasteiger partial charge is 0.332 e. The van der Waals surface area contributed by atoms with Gasteiger partial charge in [0.05, 0.1) is 30.2 Å². The van der Waals surface area contributed by atoms with E-state index in [4.69, 9.17) is 9.84 Å². The van der Waals surface area contributed by atoms with E-state index in [0.717, 1.165) is 18.8 Å². The van der Waals surface area contributed by atoms with Gasteiger partial charge in [-0.1, -0.05) is 12.1 Å². The molecule has 188 valence electrons. The molecule has 2 fully saturated rings. The van der Waals surface area contributed by atoms with Crippen molar-refractivity contribution in [2.45, 2.75) is 56.7 Å². The molecule has 2 aliphatic rings. The van der Waals surface area contributed by atoms with Gasteiger partial charge in [0.25, 0.3) is 5.56 Å². The zero-order chi connectivity index (χ0) is 25.3. The molecule has 3 unspecified atom stereocenters. The Morgan fingerprint density at radius 3 is 2.72 bits per heavy atom. The van der Waals surface area contributed by atoms with E-state index < -0.39 is 17.6 Å². The van der Waals surface area contributed by atoms with Crippen molar-refractivity contribution in [3.05, 3.63) is 52.4 Å². The van der Waals surface area contributed by atoms with Crippen LogP contribution >= 0.6 is 0 Å². The summed E-state index contributed by atoms with van der Waals surface area (Å²) >= 11 is 0. The minimum Gasteiger partial charge on any atom is -0.479 e. The van der Waals surface area contributed by atoms with E-state index >= 15 is 0 Å². The molecule has 0 spiro atoms. The monoisotopic (exact) mass is 490 g/mol. The highest BCUT2D eigenvalue weighted by Gasteiger charge is 2.42. The van der Waals surface area contributed by atoms with Crippen LogP contribution in [0.25, 0.3) is 10.9 Å². The summed E-state index contributed by atoms with van der Waals surface area (Å²) in [5.74, 6) is -0.642. The molecule has 0 radical (unpaired) electrons. The van der Waals surface area contributed by atoms with Gasteiger partial charge in [-0.15, -0.1) is 0 Å². The summed E-state index contributed by atoms with van der Waals surface area (Å²) in [6, 6.07) is 12.4. The van der Waals surface area contributed by atoms with Gasteiger partial charge in [0.15, 0.2) is 11.9 Å². The molecule has 0 saturated carbocycles. The number of nitrogens with one attached hydrogen (secondary N) is 2. The second-order valence-electron chi connectivity index (χ2n) is 9.73. The average Bonchev–Trinajstić information content (AvgIpc) is 3.54. The number of hydrogen-bond donors (Lipinski definition) is 3. The van der Waals surface area contributed by atoms with Gasteiger partial charge in [0, 0.05) is 17.9 Å². The van der Waals surface area contributed by atoms with Gasteiger partial charge in [0.1, 0.15) is 5.39 Å². The molecule has 2 saturated heterocycles. The highest BCUT2D eigenvalue weighted by molar-refractivity contribution is 5.91. The van der Waals surface area contributed by atoms with Crippen LogP contribution in [-0.4, -0.2) is 56.5 Å². The number of nitrogens with zero attached hydrogens (tertiary/aromatic N) is 4. The summed E-state index contributed by atoms with van der Waals surface area (Å²) in [7, 11) is 0. The van der Waals surface area contributed by atoms with Crippen molar-refractivity contribution in [2.24, 2.45) is 0 Å². The normalized spacial score (nSPS) is 23.4. The first kappa shape index (κ1) is 24.0. The maximum atomic E-state index is 12.9. The van der Waals surface area contributed by atoms with Gasteiger partial charge in [-0.05, 0) is 69.5 Å². The lowest BCUT2D eigenvalue weighted by Gasteiger charge is -2.38. The second kappa shape index (κ2) is 9.76. The van der Waals surface area contributed by atoms with E-state index in [-0.39, 0.29) is 25.0 Å². The number of aromatic amines is 1. The van der Waals surface area contributed by atoms with E-state index in [2.05, 4.69) is 40.3 Å². The molecule has 3 N–H and O–H groups in total. The Balaban J connectivity index is 1.47. The van der Waals surface area contributed by atoms with Crippen molar-refractivity contribution < 1.29 is 14.6 Å². The van der Waals surface area contributed by atoms with Crippen LogP contribution in [0.3, 0.4) is 0 Å². The zero-order valence-corrected chi connectivity index (χ0v) is 20.2. The summed E-state index contributed by atoms with van der Waals surface area (Å²) < 4.78 is 7.30. The summed E-state index contributed by atoms with van der Waals surface area (Å²) in [6.07, 6.45) is 3.83. The van der Waals surface area contributed by atoms with Crippen molar-refractivity contribution in [1.29, 1.82) is 5.26 Å². The van der Waals surface area contributed by atoms with Crippen molar-refractivity contribution in [1.82, 2.24) is 19.7 Å². The Bertz CT molecular complexity index is 1340. The van der Waals surface area contributed by atoms with E-state index in [9.17, 15) is 20.0 Å². The van der Waals surface area contributed by atoms with Crippen LogP contribution in [0, 0.1) is 11.3 Å². The fourth-order valence-corrected chi connectivity index (χ4v) is 5.38. The topological polar surface area (TPSA) is 136 Å². The van der Waals surface area contributed by atoms with Gasteiger partial charge in [-0.3, -0.25) is 14.4 Å². The fourth-order valence-electron chi connectivity index (χ4n) is 5.38. The van der Waals surface area contributed by atoms with Crippen LogP contribution in [0.2, 0.25) is 0 Å². The highest BCUT2D eigenvalue weighted by atomic mass is 16.5. The minimum atomic E-state index is -1.02. The zero-order valence-electron chi connectivity index (χ0n) is 20.2. The molecule has 3 atom stereocenters. The number of carboxylic acid groups (broad SMARTS) is 1. The van der Waals surface area contributed by atoms with Crippen molar-refractivity contribution in [3.8, 4) is 6.07 Å². The quantitative estimate of drug-likeness (QED) is 0.458. The highest BCUT2D eigenvalue weighted by Crippen LogP contribution is 2.37. The molecule has 10 heteroatoms. The number of aliphatic carboxylic acids is 1. The van der Waals surface area contributed by atoms with Crippen LogP contribution in [0.5, 0.6) is 0 Å². The third-order valence-electron chi connectivity index (χ3n) is 7.51. The number of likely N-dealkylation sites (tertiary alicyclic amines) is 1. The summed E-state index contributed by atoms with van der Waals surface area (Å²) in [5, 5.41) is 27.3. The van der Waals surface area contributed by atoms with E-state index in [1.54, 1.807) is 16.9 Å². The number of ether oxygens (including phenoxy) is 1. The minimum absolute atomic E-state index is 0.0175. The maximum absolute atomic E-state index is 12.9. The number of carbonyl (C=O) groups is 1. The predicted octanol–water partition coefficient (Wildman–Crippen LogP) is 3.50. The molecule has 2 aromatic heterocycles. The standard InChI is InChI=1S/C26H30N6O4/c1-17(31-14-2-3-15-31)18-4-6-19(7-5-18)29-23-22-20(9-13-28-24(22)33)32(30-23)26(11-12-27)10-8-21(25(34)35)36-16-26/h4-7,9,13,17,21H,2-3,8,10-11,14-16H2,1H3,(H,28,33)(H,29,30)(H,34,35). The van der Waals surface area contributed by atoms with Gasteiger partial charge >= 0.3 is 5.97 Å². The second-order valence-corrected chi connectivity index (χ2v) is 9.73. The van der Waals surface area contributed by atoms with Crippen LogP contribution in [0.1, 0.15) is 50.6 Å². The molecule has 2 aliphatic heterocycles. The molecule has 0 amide bonds. The number of hydrogen-bond acceptors (Lipinski definition) is 7. The summed E-state index contributed by atoms with van der Waals surface area (Å²) in [4.78, 5) is 29.4. The number of fused-ring (bicyclic) bond motifs is 1. The average molecular weight is 491 g/mol. The van der Waals surface area contributed by atoms with Gasteiger partial charge in [-0.2, -0.15) is 10.4 Å². The molecule has 10 nitrogen and oxygen atoms in total. The van der Waals surface area contributed by atoms with E-state index in [1.165, 1.54) is 18.4 Å². The predicted molar refractivity (Wildman–Crippen MR) is 134 cm³/mol. The fraction of sp³-hybridized carbons (Fsp3) is 0.462. The first-order valence-electron chi connectivity index (χ1n) is 12.4. The largest absolute Gasteiger partial charge is 0.479 e. The summed E-state index contributed by atoms with van der Waals surface area (Å²) in [6.45, 7) is 4.48. The van der Waals surface area contributed by atoms with Gasteiger partial charge < -0.3 is 20.1 Å². The Kier molecular flexibility index (Phi) is 6.51. The van der Waals surface area contributed by atoms with Gasteiger partial charge in [0.2, 0.25) is 0 Å². The Labute approximate surface area is 208 Å². The molecule has 5 rings (SSSR count). The molecule has 0 bridgehead atoms. The SMILES string of the molecule is CC(c1ccc(Nc2nn(C3(CC#N)CCC(C(=O)O)OC3)c3cc[nH]c(=O)c23)cc1)N1CCCC1. The van der Waals surface area contributed by atoms with E-state index in [0.29, 0.717) is 29.2 Å². The molecule has 1 aromatic carbocycles. The first-order valence-corrected chi connectivity index (χ1v) is 12.4. The lowest BCUT2D eigenvalue weighted by Crippen LogP contribution is -2.46. The third kappa shape index (κ3) is 4.36.